The highest BCUT2D eigenvalue weighted by Gasteiger charge is 2.12. The Kier molecular flexibility index (Phi) is 10.1. The topological polar surface area (TPSA) is 0 Å². The molecule has 0 saturated heterocycles. The van der Waals surface area contributed by atoms with E-state index in [-0.39, 0.29) is 23.3 Å². The molecule has 46 heavy (non-hydrogen) atoms. The summed E-state index contributed by atoms with van der Waals surface area (Å²) >= 11 is 0. The molecule has 6 aromatic rings. The van der Waals surface area contributed by atoms with Crippen LogP contribution in [0.1, 0.15) is 22.3 Å². The number of aryl methyl sites for hydroxylation is 2. The van der Waals surface area contributed by atoms with Crippen LogP contribution in [0.5, 0.6) is 0 Å². The number of halogens is 6. The molecule has 0 radical (unpaired) electrons. The molecule has 232 valence electrons. The minimum absolute atomic E-state index is 0.354. The van der Waals surface area contributed by atoms with E-state index in [2.05, 4.69) is 38.1 Å². The fraction of sp³-hybridized carbons (Fsp3) is 0.100. The Morgan fingerprint density at radius 2 is 0.696 bits per heavy atom. The molecule has 0 aliphatic heterocycles. The smallest absolute Gasteiger partial charge is 0.214 e. The number of alkyl halides is 2. The summed E-state index contributed by atoms with van der Waals surface area (Å²) < 4.78 is 75.8. The molecule has 0 heterocycles. The van der Waals surface area contributed by atoms with Gasteiger partial charge in [0.2, 0.25) is 6.93 Å². The molecule has 0 amide bonds. The molecule has 0 nitrogen and oxygen atoms in total. The van der Waals surface area contributed by atoms with Crippen molar-refractivity contribution < 1.29 is 26.3 Å². The Bertz CT molecular complexity index is 1820. The lowest BCUT2D eigenvalue weighted by molar-refractivity contribution is 0.295. The van der Waals surface area contributed by atoms with E-state index in [9.17, 15) is 26.3 Å². The van der Waals surface area contributed by atoms with E-state index in [1.54, 1.807) is 36.4 Å². The molecule has 0 atom stereocenters. The highest BCUT2D eigenvalue weighted by Crippen LogP contribution is 2.32. The van der Waals surface area contributed by atoms with Crippen LogP contribution < -0.4 is 0 Å². The second-order valence-corrected chi connectivity index (χ2v) is 11.0. The highest BCUT2D eigenvalue weighted by atomic mass is 19.3. The molecule has 0 saturated carbocycles. The molecule has 6 heteroatoms. The number of rotatable bonds is 6. The largest absolute Gasteiger partial charge is 0.229 e. The third-order valence-corrected chi connectivity index (χ3v) is 7.98. The molecule has 6 rings (SSSR count). The van der Waals surface area contributed by atoms with Crippen molar-refractivity contribution in [3.8, 4) is 44.5 Å². The molecular formula is C40H30F6. The van der Waals surface area contributed by atoms with Crippen molar-refractivity contribution in [1.29, 1.82) is 0 Å². The van der Waals surface area contributed by atoms with Gasteiger partial charge in [-0.1, -0.05) is 84.9 Å². The van der Waals surface area contributed by atoms with Crippen LogP contribution in [0.2, 0.25) is 0 Å². The summed E-state index contributed by atoms with van der Waals surface area (Å²) in [4.78, 5) is 0. The number of hydrogen-bond donors (Lipinski definition) is 0. The van der Waals surface area contributed by atoms with Crippen molar-refractivity contribution in [2.75, 3.05) is 6.93 Å². The van der Waals surface area contributed by atoms with Crippen molar-refractivity contribution in [3.63, 3.8) is 0 Å². The fourth-order valence-corrected chi connectivity index (χ4v) is 5.47. The van der Waals surface area contributed by atoms with Crippen LogP contribution >= 0.6 is 0 Å². The average molecular weight is 625 g/mol. The quantitative estimate of drug-likeness (QED) is 0.162. The minimum atomic E-state index is -1.75. The standard InChI is InChI=1S/C39H28F4.CH2F2/c1-24-19-30(32-11-17-36(38(42)22-32)26-7-13-34(40)14-8-26)5-3-28(24)21-29-4-6-31(20-25(29)2)33-12-18-37(39(43)23-33)27-9-15-35(41)16-10-27;2-1-3/h3-20,22-23H,21H2,1-2H3;1H2. The first kappa shape index (κ1) is 32.3. The molecule has 0 aliphatic rings. The van der Waals surface area contributed by atoms with E-state index >= 15 is 0 Å². The van der Waals surface area contributed by atoms with E-state index < -0.39 is 6.93 Å². The van der Waals surface area contributed by atoms with Gasteiger partial charge in [-0.15, -0.1) is 0 Å². The maximum absolute atomic E-state index is 15.0. The number of benzene rings is 6. The van der Waals surface area contributed by atoms with Crippen LogP contribution in [0.3, 0.4) is 0 Å². The maximum Gasteiger partial charge on any atom is 0.229 e. The summed E-state index contributed by atoms with van der Waals surface area (Å²) in [5.41, 5.74) is 10.0. The predicted molar refractivity (Wildman–Crippen MR) is 174 cm³/mol. The van der Waals surface area contributed by atoms with Gasteiger partial charge in [0.05, 0.1) is 0 Å². The first-order chi connectivity index (χ1) is 22.2. The Morgan fingerprint density at radius 3 is 1.02 bits per heavy atom. The maximum atomic E-state index is 15.0. The van der Waals surface area contributed by atoms with Gasteiger partial charge in [0.15, 0.2) is 0 Å². The fourth-order valence-electron chi connectivity index (χ4n) is 5.47. The van der Waals surface area contributed by atoms with Crippen LogP contribution in [0.15, 0.2) is 121 Å². The highest BCUT2D eigenvalue weighted by molar-refractivity contribution is 5.73. The van der Waals surface area contributed by atoms with E-state index in [1.807, 2.05) is 24.3 Å². The van der Waals surface area contributed by atoms with Gasteiger partial charge in [0, 0.05) is 11.1 Å². The van der Waals surface area contributed by atoms with Crippen molar-refractivity contribution in [1.82, 2.24) is 0 Å². The van der Waals surface area contributed by atoms with Gasteiger partial charge in [0.25, 0.3) is 0 Å². The van der Waals surface area contributed by atoms with Gasteiger partial charge < -0.3 is 0 Å². The second-order valence-electron chi connectivity index (χ2n) is 11.0. The van der Waals surface area contributed by atoms with Crippen LogP contribution in [0.25, 0.3) is 44.5 Å². The molecule has 6 aromatic carbocycles. The second kappa shape index (κ2) is 14.3. The summed E-state index contributed by atoms with van der Waals surface area (Å²) in [6.07, 6.45) is 0.730. The molecule has 0 aromatic heterocycles. The van der Waals surface area contributed by atoms with Crippen LogP contribution in [-0.2, 0) is 6.42 Å². The van der Waals surface area contributed by atoms with Gasteiger partial charge in [-0.2, -0.15) is 0 Å². The Labute approximate surface area is 264 Å². The first-order valence-corrected chi connectivity index (χ1v) is 14.6. The zero-order chi connectivity index (χ0) is 32.8. The van der Waals surface area contributed by atoms with Crippen LogP contribution in [-0.4, -0.2) is 6.93 Å². The first-order valence-electron chi connectivity index (χ1n) is 14.6. The Hall–Kier alpha value is -5.10. The van der Waals surface area contributed by atoms with Gasteiger partial charge >= 0.3 is 0 Å². The van der Waals surface area contributed by atoms with Gasteiger partial charge in [0.1, 0.15) is 23.3 Å². The van der Waals surface area contributed by atoms with E-state index in [0.29, 0.717) is 22.3 Å². The van der Waals surface area contributed by atoms with Crippen LogP contribution in [0, 0.1) is 37.1 Å². The van der Waals surface area contributed by atoms with Gasteiger partial charge in [-0.05, 0) is 112 Å². The SMILES string of the molecule is Cc1cc(-c2ccc(-c3ccc(F)cc3)c(F)c2)ccc1Cc1ccc(-c2ccc(-c3ccc(F)cc3)c(F)c2)cc1C.FCF. The zero-order valence-corrected chi connectivity index (χ0v) is 25.2. The van der Waals surface area contributed by atoms with Crippen molar-refractivity contribution in [2.45, 2.75) is 20.3 Å². The normalized spacial score (nSPS) is 10.8. The van der Waals surface area contributed by atoms with Crippen molar-refractivity contribution >= 4 is 0 Å². The Morgan fingerprint density at radius 1 is 0.391 bits per heavy atom. The van der Waals surface area contributed by atoms with E-state index in [4.69, 9.17) is 0 Å². The molecule has 0 unspecified atom stereocenters. The molecule has 0 bridgehead atoms. The van der Waals surface area contributed by atoms with Crippen molar-refractivity contribution in [2.24, 2.45) is 0 Å². The molecule has 0 N–H and O–H groups in total. The summed E-state index contributed by atoms with van der Waals surface area (Å²) in [5.74, 6) is -1.42. The molecular weight excluding hydrogens is 594 g/mol. The lowest BCUT2D eigenvalue weighted by Crippen LogP contribution is -1.96. The molecule has 0 aliphatic carbocycles. The van der Waals surface area contributed by atoms with Crippen LogP contribution in [0.4, 0.5) is 26.3 Å². The monoisotopic (exact) mass is 624 g/mol. The lowest BCUT2D eigenvalue weighted by atomic mass is 9.92. The molecule has 0 spiro atoms. The zero-order valence-electron chi connectivity index (χ0n) is 25.2. The van der Waals surface area contributed by atoms with E-state index in [0.717, 1.165) is 50.9 Å². The number of hydrogen-bond acceptors (Lipinski definition) is 0. The van der Waals surface area contributed by atoms with Crippen molar-refractivity contribution in [3.05, 3.63) is 167 Å². The lowest BCUT2D eigenvalue weighted by Gasteiger charge is -2.13. The summed E-state index contributed by atoms with van der Waals surface area (Å²) in [7, 11) is 0. The summed E-state index contributed by atoms with van der Waals surface area (Å²) in [6.45, 7) is 2.36. The van der Waals surface area contributed by atoms with E-state index in [1.165, 1.54) is 36.4 Å². The minimum Gasteiger partial charge on any atom is -0.214 e. The Balaban J connectivity index is 0.00000134. The predicted octanol–water partition coefficient (Wildman–Crippen LogP) is 12.0. The van der Waals surface area contributed by atoms with Gasteiger partial charge in [-0.3, -0.25) is 0 Å². The third-order valence-electron chi connectivity index (χ3n) is 7.98. The molecule has 0 fully saturated rings. The average Bonchev–Trinajstić information content (AvgIpc) is 3.04. The summed E-state index contributed by atoms with van der Waals surface area (Å²) in [5, 5.41) is 0. The van der Waals surface area contributed by atoms with Gasteiger partial charge in [-0.25, -0.2) is 26.3 Å². The summed E-state index contributed by atoms with van der Waals surface area (Å²) in [6, 6.07) is 34.2. The third kappa shape index (κ3) is 7.40.